The first-order chi connectivity index (χ1) is 21.4. The van der Waals surface area contributed by atoms with E-state index in [2.05, 4.69) is 10.1 Å². The quantitative estimate of drug-likeness (QED) is 0.175. The summed E-state index contributed by atoms with van der Waals surface area (Å²) in [6, 6.07) is 12.9. The lowest BCUT2D eigenvalue weighted by molar-refractivity contribution is -0.253. The minimum Gasteiger partial charge on any atom is -0.428 e. The molecule has 0 fully saturated rings. The van der Waals surface area contributed by atoms with E-state index in [4.69, 9.17) is 5.73 Å². The second-order valence-electron chi connectivity index (χ2n) is 9.91. The number of hydrogen-bond acceptors (Lipinski definition) is 3. The van der Waals surface area contributed by atoms with Gasteiger partial charge in [-0.05, 0) is 59.2 Å². The molecule has 1 unspecified atom stereocenters. The number of nitrogens with one attached hydrogen (secondary N) is 1. The number of rotatable bonds is 10. The lowest BCUT2D eigenvalue weighted by atomic mass is 9.77. The van der Waals surface area contributed by atoms with Crippen molar-refractivity contribution in [2.45, 2.75) is 30.7 Å². The van der Waals surface area contributed by atoms with Crippen molar-refractivity contribution in [3.8, 4) is 5.75 Å². The Hall–Kier alpha value is -5.08. The molecule has 4 aromatic carbocycles. The Morgan fingerprint density at radius 3 is 2.04 bits per heavy atom. The molecule has 0 radical (unpaired) electrons. The minimum absolute atomic E-state index is 0.181. The van der Waals surface area contributed by atoms with Crippen LogP contribution in [0.15, 0.2) is 84.9 Å². The molecule has 0 heterocycles. The van der Waals surface area contributed by atoms with E-state index in [0.29, 0.717) is 35.9 Å². The maximum Gasteiger partial charge on any atom is 0.461 e. The SMILES string of the molecule is NC(=O)c1cc(C(Cc2ccccc2)(NC(=O)c2ccc(F)c(C(F)(F)F)c2)c2cc(F)cc(OC(F)(F)C(F)F)c2)ccc1F. The lowest BCUT2D eigenvalue weighted by Gasteiger charge is -2.37. The Labute approximate surface area is 253 Å². The van der Waals surface area contributed by atoms with Crippen LogP contribution in [0.5, 0.6) is 5.75 Å². The Bertz CT molecular complexity index is 1760. The van der Waals surface area contributed by atoms with E-state index < -0.39 is 87.9 Å². The molecule has 3 N–H and O–H groups in total. The summed E-state index contributed by atoms with van der Waals surface area (Å²) in [5.41, 5.74) is -0.880. The van der Waals surface area contributed by atoms with Gasteiger partial charge in [0, 0.05) is 18.1 Å². The van der Waals surface area contributed by atoms with Crippen LogP contribution in [0.1, 0.15) is 43.0 Å². The van der Waals surface area contributed by atoms with Crippen LogP contribution in [-0.4, -0.2) is 24.3 Å². The molecule has 0 saturated heterocycles. The van der Waals surface area contributed by atoms with Crippen LogP contribution in [0.3, 0.4) is 0 Å². The molecular weight excluding hydrogens is 638 g/mol. The molecule has 4 rings (SSSR count). The summed E-state index contributed by atoms with van der Waals surface area (Å²) in [7, 11) is 0. The highest BCUT2D eigenvalue weighted by molar-refractivity contribution is 5.96. The monoisotopic (exact) mass is 658 g/mol. The molecule has 1 atom stereocenters. The second kappa shape index (κ2) is 12.7. The zero-order chi connectivity index (χ0) is 34.0. The molecule has 0 aliphatic rings. The number of nitrogens with two attached hydrogens (primary N) is 1. The number of carbonyl (C=O) groups is 2. The lowest BCUT2D eigenvalue weighted by Crippen LogP contribution is -2.49. The summed E-state index contributed by atoms with van der Waals surface area (Å²) in [5.74, 6) is -8.06. The first kappa shape index (κ1) is 33.8. The van der Waals surface area contributed by atoms with Crippen molar-refractivity contribution < 1.29 is 58.2 Å². The Morgan fingerprint density at radius 1 is 0.783 bits per heavy atom. The van der Waals surface area contributed by atoms with Crippen molar-refractivity contribution >= 4 is 11.8 Å². The van der Waals surface area contributed by atoms with Gasteiger partial charge < -0.3 is 15.8 Å². The third kappa shape index (κ3) is 7.24. The number of hydrogen-bond donors (Lipinski definition) is 2. The normalized spacial score (nSPS) is 13.3. The van der Waals surface area contributed by atoms with E-state index in [9.17, 15) is 49.1 Å². The maximum atomic E-state index is 15.0. The number of carbonyl (C=O) groups excluding carboxylic acids is 2. The molecule has 46 heavy (non-hydrogen) atoms. The van der Waals surface area contributed by atoms with Crippen molar-refractivity contribution in [2.75, 3.05) is 0 Å². The summed E-state index contributed by atoms with van der Waals surface area (Å²) in [4.78, 5) is 25.7. The van der Waals surface area contributed by atoms with Crippen molar-refractivity contribution in [3.05, 3.63) is 136 Å². The summed E-state index contributed by atoms with van der Waals surface area (Å²) in [6.45, 7) is 0. The van der Waals surface area contributed by atoms with Gasteiger partial charge in [0.15, 0.2) is 0 Å². The number of alkyl halides is 7. The summed E-state index contributed by atoms with van der Waals surface area (Å²) in [6.07, 6.45) is -15.2. The van der Waals surface area contributed by atoms with Gasteiger partial charge in [0.05, 0.1) is 16.7 Å². The van der Waals surface area contributed by atoms with Crippen LogP contribution >= 0.6 is 0 Å². The second-order valence-corrected chi connectivity index (χ2v) is 9.91. The zero-order valence-electron chi connectivity index (χ0n) is 22.9. The number of primary amides is 1. The zero-order valence-corrected chi connectivity index (χ0v) is 22.9. The summed E-state index contributed by atoms with van der Waals surface area (Å²) in [5, 5.41) is 2.39. The van der Waals surface area contributed by atoms with Gasteiger partial charge >= 0.3 is 18.7 Å². The molecular formula is C31H20F10N2O3. The minimum atomic E-state index is -5.24. The van der Waals surface area contributed by atoms with Crippen LogP contribution in [0.4, 0.5) is 43.9 Å². The third-order valence-electron chi connectivity index (χ3n) is 6.77. The van der Waals surface area contributed by atoms with Gasteiger partial charge in [-0.2, -0.15) is 30.7 Å². The Morgan fingerprint density at radius 2 is 1.43 bits per heavy atom. The largest absolute Gasteiger partial charge is 0.461 e. The molecule has 242 valence electrons. The molecule has 4 aromatic rings. The highest BCUT2D eigenvalue weighted by Crippen LogP contribution is 2.39. The fraction of sp³-hybridized carbons (Fsp3) is 0.161. The van der Waals surface area contributed by atoms with E-state index in [1.165, 1.54) is 24.3 Å². The van der Waals surface area contributed by atoms with Gasteiger partial charge in [0.1, 0.15) is 23.2 Å². The molecule has 15 heteroatoms. The van der Waals surface area contributed by atoms with Crippen molar-refractivity contribution in [2.24, 2.45) is 5.73 Å². The molecule has 0 aliphatic heterocycles. The van der Waals surface area contributed by atoms with Crippen LogP contribution < -0.4 is 15.8 Å². The summed E-state index contributed by atoms with van der Waals surface area (Å²) < 4.78 is 142. The van der Waals surface area contributed by atoms with E-state index in [1.54, 1.807) is 6.07 Å². The fourth-order valence-corrected chi connectivity index (χ4v) is 4.66. The Balaban J connectivity index is 2.03. The maximum absolute atomic E-state index is 15.0. The van der Waals surface area contributed by atoms with E-state index in [0.717, 1.165) is 18.2 Å². The smallest absolute Gasteiger partial charge is 0.428 e. The van der Waals surface area contributed by atoms with E-state index in [-0.39, 0.29) is 11.6 Å². The van der Waals surface area contributed by atoms with Crippen LogP contribution in [0.2, 0.25) is 0 Å². The molecule has 0 aliphatic carbocycles. The number of benzene rings is 4. The molecule has 0 aromatic heterocycles. The van der Waals surface area contributed by atoms with Gasteiger partial charge in [-0.15, -0.1) is 0 Å². The van der Waals surface area contributed by atoms with Crippen LogP contribution in [0, 0.1) is 17.5 Å². The van der Waals surface area contributed by atoms with Crippen molar-refractivity contribution in [1.29, 1.82) is 0 Å². The average molecular weight is 658 g/mol. The molecule has 0 saturated carbocycles. The predicted octanol–water partition coefficient (Wildman–Crippen LogP) is 7.37. The number of ether oxygens (including phenoxy) is 1. The molecule has 2 amide bonds. The van der Waals surface area contributed by atoms with Gasteiger partial charge in [0.2, 0.25) is 0 Å². The fourth-order valence-electron chi connectivity index (χ4n) is 4.66. The topological polar surface area (TPSA) is 81.4 Å². The highest BCUT2D eigenvalue weighted by atomic mass is 19.4. The molecule has 0 spiro atoms. The van der Waals surface area contributed by atoms with Crippen LogP contribution in [0.25, 0.3) is 0 Å². The predicted molar refractivity (Wildman–Crippen MR) is 143 cm³/mol. The first-order valence-electron chi connectivity index (χ1n) is 12.9. The van der Waals surface area contributed by atoms with Gasteiger partial charge in [-0.1, -0.05) is 36.4 Å². The number of amides is 2. The average Bonchev–Trinajstić information content (AvgIpc) is 2.96. The van der Waals surface area contributed by atoms with Gasteiger partial charge in [-0.3, -0.25) is 9.59 Å². The molecule has 0 bridgehead atoms. The first-order valence-corrected chi connectivity index (χ1v) is 12.9. The van der Waals surface area contributed by atoms with Crippen LogP contribution in [-0.2, 0) is 18.1 Å². The highest BCUT2D eigenvalue weighted by Gasteiger charge is 2.45. The standard InChI is InChI=1S/C31H20F10N2O3/c32-20-11-19(12-21(14-20)46-31(40,41)28(35)36)29(15-16-4-2-1-3-5-16,18-7-9-24(33)22(13-18)26(42)44)43-27(45)17-6-8-25(34)23(10-17)30(37,38)39/h1-14,28H,15H2,(H2,42,44)(H,43,45). The van der Waals surface area contributed by atoms with Gasteiger partial charge in [0.25, 0.3) is 11.8 Å². The number of halogens is 10. The van der Waals surface area contributed by atoms with E-state index in [1.807, 2.05) is 0 Å². The van der Waals surface area contributed by atoms with E-state index >= 15 is 4.39 Å². The van der Waals surface area contributed by atoms with Crippen molar-refractivity contribution in [3.63, 3.8) is 0 Å². The van der Waals surface area contributed by atoms with Gasteiger partial charge in [-0.25, -0.2) is 13.2 Å². The Kier molecular flexibility index (Phi) is 9.36. The third-order valence-corrected chi connectivity index (χ3v) is 6.77. The molecule has 5 nitrogen and oxygen atoms in total. The van der Waals surface area contributed by atoms with Crippen molar-refractivity contribution in [1.82, 2.24) is 5.32 Å². The summed E-state index contributed by atoms with van der Waals surface area (Å²) >= 11 is 0.